The van der Waals surface area contributed by atoms with Crippen LogP contribution in [0.2, 0.25) is 5.02 Å². The molecule has 0 saturated carbocycles. The van der Waals surface area contributed by atoms with E-state index in [0.29, 0.717) is 5.92 Å². The molecule has 0 aromatic heterocycles. The van der Waals surface area contributed by atoms with E-state index in [0.717, 1.165) is 36.7 Å². The van der Waals surface area contributed by atoms with Crippen LogP contribution in [0, 0.1) is 0 Å². The zero-order valence-corrected chi connectivity index (χ0v) is 13.1. The topological polar surface area (TPSA) is 21.3 Å². The molecule has 1 aromatic carbocycles. The molecule has 1 fully saturated rings. The number of halogens is 1. The highest BCUT2D eigenvalue weighted by atomic mass is 35.5. The molecule has 1 aliphatic heterocycles. The third-order valence-corrected chi connectivity index (χ3v) is 4.20. The molecular formula is C16H24ClNO. The van der Waals surface area contributed by atoms with Gasteiger partial charge in [-0.25, -0.2) is 0 Å². The van der Waals surface area contributed by atoms with Gasteiger partial charge in [-0.3, -0.25) is 0 Å². The summed E-state index contributed by atoms with van der Waals surface area (Å²) < 4.78 is 5.54. The molecule has 0 spiro atoms. The second-order valence-electron chi connectivity index (χ2n) is 6.35. The van der Waals surface area contributed by atoms with Gasteiger partial charge >= 0.3 is 0 Å². The molecule has 0 amide bonds. The van der Waals surface area contributed by atoms with Gasteiger partial charge in [0.2, 0.25) is 0 Å². The van der Waals surface area contributed by atoms with Crippen LogP contribution in [-0.4, -0.2) is 20.2 Å². The first-order chi connectivity index (χ1) is 8.93. The highest BCUT2D eigenvalue weighted by molar-refractivity contribution is 6.32. The second kappa shape index (κ2) is 5.72. The molecule has 1 saturated heterocycles. The zero-order valence-electron chi connectivity index (χ0n) is 12.3. The quantitative estimate of drug-likeness (QED) is 0.881. The first-order valence-electron chi connectivity index (χ1n) is 7.02. The summed E-state index contributed by atoms with van der Waals surface area (Å²) in [5.74, 6) is 1.41. The summed E-state index contributed by atoms with van der Waals surface area (Å²) in [7, 11) is 1.71. The fraction of sp³-hybridized carbons (Fsp3) is 0.625. The molecular weight excluding hydrogens is 258 g/mol. The number of hydrogen-bond donors (Lipinski definition) is 1. The van der Waals surface area contributed by atoms with Crippen molar-refractivity contribution in [1.29, 1.82) is 0 Å². The van der Waals surface area contributed by atoms with Gasteiger partial charge < -0.3 is 10.1 Å². The Morgan fingerprint density at radius 1 is 1.21 bits per heavy atom. The van der Waals surface area contributed by atoms with Crippen molar-refractivity contribution in [1.82, 2.24) is 5.32 Å². The van der Waals surface area contributed by atoms with Crippen molar-refractivity contribution in [2.24, 2.45) is 0 Å². The lowest BCUT2D eigenvalue weighted by Crippen LogP contribution is -2.27. The van der Waals surface area contributed by atoms with Crippen LogP contribution in [0.5, 0.6) is 5.75 Å². The van der Waals surface area contributed by atoms with Crippen LogP contribution < -0.4 is 10.1 Å². The standard InChI is InChI=1S/C16H24ClNO/c1-16(2,3)12-9-13(11-5-7-18-8-6-11)15(19-4)14(17)10-12/h9-11,18H,5-8H2,1-4H3. The average Bonchev–Trinajstić information content (AvgIpc) is 2.37. The lowest BCUT2D eigenvalue weighted by Gasteiger charge is -2.28. The minimum atomic E-state index is 0.109. The van der Waals surface area contributed by atoms with Crippen LogP contribution in [0.3, 0.4) is 0 Å². The van der Waals surface area contributed by atoms with Crippen LogP contribution in [0.1, 0.15) is 50.7 Å². The predicted molar refractivity (Wildman–Crippen MR) is 81.5 cm³/mol. The van der Waals surface area contributed by atoms with Crippen LogP contribution in [0.15, 0.2) is 12.1 Å². The first kappa shape index (κ1) is 14.7. The molecule has 2 nitrogen and oxygen atoms in total. The molecule has 1 N–H and O–H groups in total. The predicted octanol–water partition coefficient (Wildman–Crippen LogP) is 4.11. The minimum Gasteiger partial charge on any atom is -0.495 e. The van der Waals surface area contributed by atoms with Crippen molar-refractivity contribution >= 4 is 11.6 Å². The third kappa shape index (κ3) is 3.24. The smallest absolute Gasteiger partial charge is 0.140 e. The van der Waals surface area contributed by atoms with E-state index in [1.165, 1.54) is 11.1 Å². The second-order valence-corrected chi connectivity index (χ2v) is 6.76. The molecule has 0 atom stereocenters. The van der Waals surface area contributed by atoms with Crippen molar-refractivity contribution in [2.75, 3.05) is 20.2 Å². The summed E-state index contributed by atoms with van der Waals surface area (Å²) in [5.41, 5.74) is 2.67. The van der Waals surface area contributed by atoms with Gasteiger partial charge in [-0.1, -0.05) is 38.4 Å². The molecule has 2 rings (SSSR count). The summed E-state index contributed by atoms with van der Waals surface area (Å²) in [5, 5.41) is 4.15. The molecule has 3 heteroatoms. The van der Waals surface area contributed by atoms with Crippen LogP contribution in [0.4, 0.5) is 0 Å². The summed E-state index contributed by atoms with van der Waals surface area (Å²) in [6.45, 7) is 8.81. The Labute approximate surface area is 121 Å². The third-order valence-electron chi connectivity index (χ3n) is 3.92. The van der Waals surface area contributed by atoms with Gasteiger partial charge in [0.15, 0.2) is 0 Å². The number of methoxy groups -OCH3 is 1. The van der Waals surface area contributed by atoms with Crippen molar-refractivity contribution < 1.29 is 4.74 Å². The van der Waals surface area contributed by atoms with E-state index in [1.54, 1.807) is 7.11 Å². The Morgan fingerprint density at radius 3 is 2.37 bits per heavy atom. The number of benzene rings is 1. The molecule has 0 bridgehead atoms. The maximum absolute atomic E-state index is 6.42. The zero-order chi connectivity index (χ0) is 14.0. The van der Waals surface area contributed by atoms with Crippen LogP contribution in [-0.2, 0) is 5.41 Å². The van der Waals surface area contributed by atoms with E-state index in [1.807, 2.05) is 6.07 Å². The number of ether oxygens (including phenoxy) is 1. The average molecular weight is 282 g/mol. The van der Waals surface area contributed by atoms with Crippen molar-refractivity contribution in [2.45, 2.75) is 44.9 Å². The number of hydrogen-bond acceptors (Lipinski definition) is 2. The Hall–Kier alpha value is -0.730. The SMILES string of the molecule is COc1c(Cl)cc(C(C)(C)C)cc1C1CCNCC1. The summed E-state index contributed by atoms with van der Waals surface area (Å²) in [6.07, 6.45) is 2.31. The van der Waals surface area contributed by atoms with Crippen molar-refractivity contribution in [3.05, 3.63) is 28.3 Å². The van der Waals surface area contributed by atoms with Gasteiger partial charge in [-0.05, 0) is 54.5 Å². The van der Waals surface area contributed by atoms with Gasteiger partial charge in [0.1, 0.15) is 5.75 Å². The van der Waals surface area contributed by atoms with Gasteiger partial charge in [0.05, 0.1) is 12.1 Å². The van der Waals surface area contributed by atoms with E-state index in [2.05, 4.69) is 32.2 Å². The number of nitrogens with one attached hydrogen (secondary N) is 1. The molecule has 1 heterocycles. The Bertz CT molecular complexity index is 445. The van der Waals surface area contributed by atoms with E-state index < -0.39 is 0 Å². The van der Waals surface area contributed by atoms with Crippen LogP contribution in [0.25, 0.3) is 0 Å². The molecule has 106 valence electrons. The Kier molecular flexibility index (Phi) is 4.42. The lowest BCUT2D eigenvalue weighted by molar-refractivity contribution is 0.391. The molecule has 0 unspecified atom stereocenters. The van der Waals surface area contributed by atoms with Gasteiger partial charge in [0, 0.05) is 0 Å². The fourth-order valence-corrected chi connectivity index (χ4v) is 3.00. The molecule has 0 aliphatic carbocycles. The van der Waals surface area contributed by atoms with Gasteiger partial charge in [-0.15, -0.1) is 0 Å². The molecule has 1 aromatic rings. The molecule has 1 aliphatic rings. The Balaban J connectivity index is 2.46. The normalized spacial score (nSPS) is 17.5. The highest BCUT2D eigenvalue weighted by Gasteiger charge is 2.24. The summed E-state index contributed by atoms with van der Waals surface area (Å²) in [6, 6.07) is 4.34. The first-order valence-corrected chi connectivity index (χ1v) is 7.40. The maximum Gasteiger partial charge on any atom is 0.140 e. The summed E-state index contributed by atoms with van der Waals surface area (Å²) in [4.78, 5) is 0. The fourth-order valence-electron chi connectivity index (χ4n) is 2.70. The lowest BCUT2D eigenvalue weighted by atomic mass is 9.82. The van der Waals surface area contributed by atoms with E-state index in [4.69, 9.17) is 16.3 Å². The van der Waals surface area contributed by atoms with Crippen molar-refractivity contribution in [3.8, 4) is 5.75 Å². The summed E-state index contributed by atoms with van der Waals surface area (Å²) >= 11 is 6.42. The number of piperidine rings is 1. The van der Waals surface area contributed by atoms with Crippen LogP contribution >= 0.6 is 11.6 Å². The minimum absolute atomic E-state index is 0.109. The monoisotopic (exact) mass is 281 g/mol. The van der Waals surface area contributed by atoms with E-state index in [9.17, 15) is 0 Å². The highest BCUT2D eigenvalue weighted by Crippen LogP contribution is 2.40. The van der Waals surface area contributed by atoms with Gasteiger partial charge in [0.25, 0.3) is 0 Å². The van der Waals surface area contributed by atoms with Crippen molar-refractivity contribution in [3.63, 3.8) is 0 Å². The molecule has 0 radical (unpaired) electrons. The van der Waals surface area contributed by atoms with Gasteiger partial charge in [-0.2, -0.15) is 0 Å². The van der Waals surface area contributed by atoms with E-state index in [-0.39, 0.29) is 5.41 Å². The Morgan fingerprint density at radius 2 is 1.84 bits per heavy atom. The number of rotatable bonds is 2. The maximum atomic E-state index is 6.42. The largest absolute Gasteiger partial charge is 0.495 e. The molecule has 19 heavy (non-hydrogen) atoms. The van der Waals surface area contributed by atoms with E-state index >= 15 is 0 Å².